The molecule has 0 amide bonds. The van der Waals surface area contributed by atoms with Crippen molar-refractivity contribution in [1.82, 2.24) is 0 Å². The summed E-state index contributed by atoms with van der Waals surface area (Å²) in [6, 6.07) is -0.670. The second-order valence-corrected chi connectivity index (χ2v) is 4.62. The van der Waals surface area contributed by atoms with Crippen LogP contribution >= 0.6 is 0 Å². The van der Waals surface area contributed by atoms with Crippen LogP contribution in [0.2, 0.25) is 0 Å². The smallest absolute Gasteiger partial charge is 0.303 e. The number of ether oxygens (including phenoxy) is 2. The molecular weight excluding hydrogens is 254 g/mol. The summed E-state index contributed by atoms with van der Waals surface area (Å²) in [5.41, 5.74) is 8.54. The van der Waals surface area contributed by atoms with E-state index in [0.29, 0.717) is 6.42 Å². The van der Waals surface area contributed by atoms with Crippen LogP contribution in [0.4, 0.5) is 0 Å². The zero-order valence-corrected chi connectivity index (χ0v) is 11.0. The van der Waals surface area contributed by atoms with Crippen LogP contribution in [0.25, 0.3) is 10.4 Å². The lowest BCUT2D eigenvalue weighted by molar-refractivity contribution is -0.187. The van der Waals surface area contributed by atoms with Gasteiger partial charge in [0.05, 0.1) is 12.1 Å². The molecule has 8 nitrogen and oxygen atoms in total. The van der Waals surface area contributed by atoms with Crippen LogP contribution in [-0.2, 0) is 19.1 Å². The van der Waals surface area contributed by atoms with E-state index in [1.54, 1.807) is 6.92 Å². The maximum Gasteiger partial charge on any atom is 0.303 e. The Hall–Kier alpha value is -1.79. The Morgan fingerprint density at radius 2 is 1.79 bits per heavy atom. The lowest BCUT2D eigenvalue weighted by atomic mass is 9.80. The van der Waals surface area contributed by atoms with Gasteiger partial charge in [-0.3, -0.25) is 9.59 Å². The number of carbonyl (C=O) groups excluding carboxylic acids is 2. The molecule has 0 aromatic carbocycles. The normalized spacial score (nSPS) is 34.0. The van der Waals surface area contributed by atoms with Crippen molar-refractivity contribution in [3.63, 3.8) is 0 Å². The predicted octanol–water partition coefficient (Wildman–Crippen LogP) is 0.929. The summed E-state index contributed by atoms with van der Waals surface area (Å²) in [4.78, 5) is 24.9. The minimum Gasteiger partial charge on any atom is -0.458 e. The average molecular weight is 271 g/mol. The Balaban J connectivity index is 3.03. The number of nitrogens with zero attached hydrogens (tertiary/aromatic N) is 3. The maximum atomic E-state index is 11.1. The van der Waals surface area contributed by atoms with Gasteiger partial charge in [0.25, 0.3) is 0 Å². The number of azide groups is 1. The Morgan fingerprint density at radius 1 is 1.26 bits per heavy atom. The molecule has 8 heteroatoms. The Morgan fingerprint density at radius 3 is 2.26 bits per heavy atom. The highest BCUT2D eigenvalue weighted by atomic mass is 16.6. The quantitative estimate of drug-likeness (QED) is 0.354. The molecule has 0 aromatic rings. The molecule has 0 spiro atoms. The molecule has 5 atom stereocenters. The van der Waals surface area contributed by atoms with Gasteiger partial charge in [0.1, 0.15) is 6.10 Å². The predicted molar refractivity (Wildman–Crippen MR) is 63.8 cm³/mol. The number of aliphatic hydroxyl groups is 1. The minimum absolute atomic E-state index is 0.244. The molecule has 106 valence electrons. The van der Waals surface area contributed by atoms with E-state index >= 15 is 0 Å². The molecule has 0 heterocycles. The van der Waals surface area contributed by atoms with Crippen molar-refractivity contribution >= 4 is 11.9 Å². The fourth-order valence-corrected chi connectivity index (χ4v) is 2.24. The molecule has 1 N–H and O–H groups in total. The number of rotatable bonds is 3. The van der Waals surface area contributed by atoms with E-state index in [9.17, 15) is 14.7 Å². The summed E-state index contributed by atoms with van der Waals surface area (Å²) in [6.45, 7) is 4.13. The van der Waals surface area contributed by atoms with Gasteiger partial charge in [0, 0.05) is 18.8 Å². The molecule has 1 saturated carbocycles. The topological polar surface area (TPSA) is 122 Å². The summed E-state index contributed by atoms with van der Waals surface area (Å²) in [5, 5.41) is 13.6. The maximum absolute atomic E-state index is 11.1. The van der Waals surface area contributed by atoms with Crippen molar-refractivity contribution in [3.05, 3.63) is 10.4 Å². The molecule has 0 aromatic heterocycles. The van der Waals surface area contributed by atoms with E-state index < -0.39 is 36.3 Å². The third-order valence-corrected chi connectivity index (χ3v) is 3.04. The largest absolute Gasteiger partial charge is 0.458 e. The van der Waals surface area contributed by atoms with Gasteiger partial charge >= 0.3 is 11.9 Å². The molecule has 0 radical (unpaired) electrons. The zero-order valence-electron chi connectivity index (χ0n) is 11.0. The first-order chi connectivity index (χ1) is 8.86. The van der Waals surface area contributed by atoms with Crippen molar-refractivity contribution < 1.29 is 24.2 Å². The van der Waals surface area contributed by atoms with Crippen molar-refractivity contribution in [2.45, 2.75) is 51.5 Å². The molecule has 0 aliphatic heterocycles. The molecule has 1 aliphatic carbocycles. The monoisotopic (exact) mass is 271 g/mol. The van der Waals surface area contributed by atoms with Gasteiger partial charge in [-0.15, -0.1) is 0 Å². The second-order valence-electron chi connectivity index (χ2n) is 4.62. The zero-order chi connectivity index (χ0) is 14.6. The van der Waals surface area contributed by atoms with Gasteiger partial charge in [-0.05, 0) is 17.9 Å². The molecule has 0 bridgehead atoms. The SMILES string of the molecule is CC(=O)O[C@H]1[C@H](O)[C@@H](C)CC(N=[N+]=[N-])[C@@H]1OC(C)=O. The minimum atomic E-state index is -1.03. The second kappa shape index (κ2) is 6.40. The van der Waals surface area contributed by atoms with E-state index in [-0.39, 0.29) is 5.92 Å². The summed E-state index contributed by atoms with van der Waals surface area (Å²) < 4.78 is 10.1. The van der Waals surface area contributed by atoms with Crippen LogP contribution in [0.1, 0.15) is 27.2 Å². The van der Waals surface area contributed by atoms with Crippen molar-refractivity contribution in [1.29, 1.82) is 0 Å². The lowest BCUT2D eigenvalue weighted by Crippen LogP contribution is -2.55. The highest BCUT2D eigenvalue weighted by Crippen LogP contribution is 2.31. The van der Waals surface area contributed by atoms with Crippen LogP contribution in [0.5, 0.6) is 0 Å². The fraction of sp³-hybridized carbons (Fsp3) is 0.818. The van der Waals surface area contributed by atoms with E-state index in [0.717, 1.165) is 0 Å². The molecule has 1 rings (SSSR count). The van der Waals surface area contributed by atoms with Gasteiger partial charge in [0.15, 0.2) is 6.10 Å². The molecule has 1 unspecified atom stereocenters. The molecule has 1 aliphatic rings. The Labute approximate surface area is 110 Å². The molecule has 1 fully saturated rings. The summed E-state index contributed by atoms with van der Waals surface area (Å²) in [5.74, 6) is -1.44. The first kappa shape index (κ1) is 15.3. The number of esters is 2. The third kappa shape index (κ3) is 3.84. The van der Waals surface area contributed by atoms with Crippen LogP contribution in [0, 0.1) is 5.92 Å². The molecule has 19 heavy (non-hydrogen) atoms. The highest BCUT2D eigenvalue weighted by Gasteiger charge is 2.46. The van der Waals surface area contributed by atoms with Gasteiger partial charge in [-0.2, -0.15) is 0 Å². The van der Waals surface area contributed by atoms with Crippen LogP contribution < -0.4 is 0 Å². The first-order valence-corrected chi connectivity index (χ1v) is 5.93. The van der Waals surface area contributed by atoms with Crippen LogP contribution in [0.3, 0.4) is 0 Å². The Bertz CT molecular complexity index is 407. The Kier molecular flexibility index (Phi) is 5.14. The van der Waals surface area contributed by atoms with Crippen LogP contribution in [-0.4, -0.2) is 41.4 Å². The molecular formula is C11H17N3O5. The summed E-state index contributed by atoms with van der Waals surface area (Å²) >= 11 is 0. The van der Waals surface area contributed by atoms with Crippen molar-refractivity contribution in [2.75, 3.05) is 0 Å². The van der Waals surface area contributed by atoms with Gasteiger partial charge in [-0.25, -0.2) is 0 Å². The van der Waals surface area contributed by atoms with Crippen LogP contribution in [0.15, 0.2) is 5.11 Å². The first-order valence-electron chi connectivity index (χ1n) is 5.93. The van der Waals surface area contributed by atoms with Crippen molar-refractivity contribution in [2.24, 2.45) is 11.0 Å². The standard InChI is InChI=1S/C11H17N3O5/c1-5-4-8(13-14-12)10(18-6(2)15)11(9(5)17)19-7(3)16/h5,8-11,17H,4H2,1-3H3/t5-,8?,9+,10-,11-/m0/s1. The summed E-state index contributed by atoms with van der Waals surface area (Å²) in [6.07, 6.45) is -2.62. The van der Waals surface area contributed by atoms with Crippen molar-refractivity contribution in [3.8, 4) is 0 Å². The number of aliphatic hydroxyl groups excluding tert-OH is 1. The van der Waals surface area contributed by atoms with E-state index in [2.05, 4.69) is 10.0 Å². The van der Waals surface area contributed by atoms with Gasteiger partial charge in [-0.1, -0.05) is 12.0 Å². The fourth-order valence-electron chi connectivity index (χ4n) is 2.24. The third-order valence-electron chi connectivity index (χ3n) is 3.04. The summed E-state index contributed by atoms with van der Waals surface area (Å²) in [7, 11) is 0. The van der Waals surface area contributed by atoms with E-state index in [4.69, 9.17) is 15.0 Å². The number of hydrogen-bond acceptors (Lipinski definition) is 6. The van der Waals surface area contributed by atoms with E-state index in [1.165, 1.54) is 13.8 Å². The van der Waals surface area contributed by atoms with Gasteiger partial charge < -0.3 is 14.6 Å². The lowest BCUT2D eigenvalue weighted by Gasteiger charge is -2.40. The number of hydrogen-bond donors (Lipinski definition) is 1. The van der Waals surface area contributed by atoms with E-state index in [1.807, 2.05) is 0 Å². The molecule has 0 saturated heterocycles. The average Bonchev–Trinajstić information content (AvgIpc) is 2.29. The van der Waals surface area contributed by atoms with Gasteiger partial charge in [0.2, 0.25) is 0 Å². The highest BCUT2D eigenvalue weighted by molar-refractivity contribution is 5.67. The number of carbonyl (C=O) groups is 2.